The zero-order valence-electron chi connectivity index (χ0n) is 12.2. The van der Waals surface area contributed by atoms with Crippen LogP contribution in [0.3, 0.4) is 0 Å². The third kappa shape index (κ3) is 3.70. The molecule has 3 N–H and O–H groups in total. The highest BCUT2D eigenvalue weighted by Crippen LogP contribution is 2.22. The normalized spacial score (nSPS) is 12.6. The van der Waals surface area contributed by atoms with Crippen molar-refractivity contribution in [2.24, 2.45) is 5.92 Å². The summed E-state index contributed by atoms with van der Waals surface area (Å²) in [5.74, 6) is -0.0825. The van der Waals surface area contributed by atoms with E-state index in [1.54, 1.807) is 18.2 Å². The van der Waals surface area contributed by atoms with Crippen LogP contribution < -0.4 is 5.32 Å². The number of aromatic carboxylic acids is 1. The van der Waals surface area contributed by atoms with Crippen molar-refractivity contribution in [1.29, 1.82) is 0 Å². The Morgan fingerprint density at radius 2 is 2.05 bits per heavy atom. The minimum absolute atomic E-state index is 0.0188. The fourth-order valence-electron chi connectivity index (χ4n) is 2.38. The second kappa shape index (κ2) is 6.54. The lowest BCUT2D eigenvalue weighted by Gasteiger charge is -2.19. The third-order valence-electron chi connectivity index (χ3n) is 3.27. The second-order valence-corrected chi connectivity index (χ2v) is 5.53. The predicted octanol–water partition coefficient (Wildman–Crippen LogP) is 2.75. The van der Waals surface area contributed by atoms with E-state index in [2.05, 4.69) is 24.1 Å². The van der Waals surface area contributed by atoms with Gasteiger partial charge in [-0.05, 0) is 24.5 Å². The van der Waals surface area contributed by atoms with Crippen LogP contribution in [0.1, 0.15) is 30.6 Å². The molecule has 0 radical (unpaired) electrons. The summed E-state index contributed by atoms with van der Waals surface area (Å²) < 4.78 is 0. The van der Waals surface area contributed by atoms with Gasteiger partial charge < -0.3 is 15.5 Å². The Hall–Kier alpha value is -2.14. The zero-order chi connectivity index (χ0) is 15.4. The summed E-state index contributed by atoms with van der Waals surface area (Å²) in [5.41, 5.74) is 0.838. The molecule has 112 valence electrons. The molecule has 0 aliphatic rings. The number of hydrogen-bond donors (Lipinski definition) is 3. The van der Waals surface area contributed by atoms with Crippen molar-refractivity contribution in [2.45, 2.75) is 26.3 Å². The van der Waals surface area contributed by atoms with Gasteiger partial charge in [0.25, 0.3) is 0 Å². The number of nitrogens with zero attached hydrogens (tertiary/aromatic N) is 1. The first-order valence-corrected chi connectivity index (χ1v) is 7.01. The summed E-state index contributed by atoms with van der Waals surface area (Å²) in [6, 6.07) is 8.52. The fraction of sp³-hybridized carbons (Fsp3) is 0.375. The molecule has 1 aromatic heterocycles. The van der Waals surface area contributed by atoms with E-state index < -0.39 is 5.97 Å². The fourth-order valence-corrected chi connectivity index (χ4v) is 2.38. The van der Waals surface area contributed by atoms with Gasteiger partial charge in [-0.25, -0.2) is 9.78 Å². The first-order valence-electron chi connectivity index (χ1n) is 7.01. The molecule has 0 saturated carbocycles. The molecule has 0 aliphatic heterocycles. The van der Waals surface area contributed by atoms with Gasteiger partial charge in [0.05, 0.1) is 23.7 Å². The van der Waals surface area contributed by atoms with E-state index in [9.17, 15) is 15.0 Å². The van der Waals surface area contributed by atoms with Crippen molar-refractivity contribution < 1.29 is 15.0 Å². The second-order valence-electron chi connectivity index (χ2n) is 5.53. The lowest BCUT2D eigenvalue weighted by atomic mass is 10.0. The number of para-hydroxylation sites is 1. The summed E-state index contributed by atoms with van der Waals surface area (Å²) in [6.07, 6.45) is 0.785. The van der Waals surface area contributed by atoms with Gasteiger partial charge in [-0.15, -0.1) is 0 Å². The summed E-state index contributed by atoms with van der Waals surface area (Å²) >= 11 is 0. The molecule has 2 aromatic rings. The molecule has 0 aliphatic carbocycles. The molecule has 2 rings (SSSR count). The summed E-state index contributed by atoms with van der Waals surface area (Å²) in [7, 11) is 0. The van der Waals surface area contributed by atoms with E-state index in [1.807, 2.05) is 6.07 Å². The van der Waals surface area contributed by atoms with Gasteiger partial charge in [0.2, 0.25) is 0 Å². The molecule has 5 heteroatoms. The Labute approximate surface area is 123 Å². The average Bonchev–Trinajstić information content (AvgIpc) is 2.45. The van der Waals surface area contributed by atoms with Crippen molar-refractivity contribution in [3.63, 3.8) is 0 Å². The number of carboxylic acids is 1. The highest BCUT2D eigenvalue weighted by atomic mass is 16.4. The Morgan fingerprint density at radius 1 is 1.33 bits per heavy atom. The third-order valence-corrected chi connectivity index (χ3v) is 3.27. The van der Waals surface area contributed by atoms with Crippen molar-refractivity contribution in [2.75, 3.05) is 11.9 Å². The number of aliphatic hydroxyl groups excluding tert-OH is 1. The van der Waals surface area contributed by atoms with E-state index in [0.29, 0.717) is 22.6 Å². The number of aliphatic hydroxyl groups is 1. The number of fused-ring (bicyclic) bond motifs is 1. The van der Waals surface area contributed by atoms with Crippen LogP contribution >= 0.6 is 0 Å². The molecular weight excluding hydrogens is 268 g/mol. The lowest BCUT2D eigenvalue weighted by molar-refractivity contribution is 0.0699. The number of carboxylic acid groups (broad SMARTS) is 1. The van der Waals surface area contributed by atoms with Crippen molar-refractivity contribution in [1.82, 2.24) is 4.98 Å². The van der Waals surface area contributed by atoms with Crippen LogP contribution in [0, 0.1) is 5.92 Å². The van der Waals surface area contributed by atoms with Crippen LogP contribution in [-0.2, 0) is 0 Å². The van der Waals surface area contributed by atoms with Gasteiger partial charge in [0.15, 0.2) is 0 Å². The van der Waals surface area contributed by atoms with E-state index in [1.165, 1.54) is 6.07 Å². The minimum Gasteiger partial charge on any atom is -0.478 e. The van der Waals surface area contributed by atoms with E-state index in [4.69, 9.17) is 0 Å². The number of pyridine rings is 1. The standard InChI is InChI=1S/C16H20N2O3/c1-10(2)7-11(9-19)17-15-8-13(16(20)21)12-5-3-4-6-14(12)18-15/h3-6,8,10-11,19H,7,9H2,1-2H3,(H,17,18)(H,20,21). The Morgan fingerprint density at radius 3 is 2.67 bits per heavy atom. The maximum atomic E-state index is 11.4. The number of benzene rings is 1. The summed E-state index contributed by atoms with van der Waals surface area (Å²) in [4.78, 5) is 15.8. The predicted molar refractivity (Wildman–Crippen MR) is 82.7 cm³/mol. The molecule has 1 aromatic carbocycles. The monoisotopic (exact) mass is 288 g/mol. The van der Waals surface area contributed by atoms with E-state index >= 15 is 0 Å². The lowest BCUT2D eigenvalue weighted by Crippen LogP contribution is -2.26. The molecule has 0 amide bonds. The van der Waals surface area contributed by atoms with Gasteiger partial charge in [-0.2, -0.15) is 0 Å². The molecule has 5 nitrogen and oxygen atoms in total. The van der Waals surface area contributed by atoms with Crippen LogP contribution in [0.4, 0.5) is 5.82 Å². The molecule has 0 bridgehead atoms. The Kier molecular flexibility index (Phi) is 4.75. The van der Waals surface area contributed by atoms with Crippen molar-refractivity contribution in [3.05, 3.63) is 35.9 Å². The first-order chi connectivity index (χ1) is 10.0. The quantitative estimate of drug-likeness (QED) is 0.761. The first kappa shape index (κ1) is 15.3. The molecule has 0 spiro atoms. The molecule has 1 atom stereocenters. The van der Waals surface area contributed by atoms with Gasteiger partial charge in [-0.3, -0.25) is 0 Å². The smallest absolute Gasteiger partial charge is 0.336 e. The van der Waals surface area contributed by atoms with Gasteiger partial charge in [-0.1, -0.05) is 32.0 Å². The minimum atomic E-state index is -0.985. The van der Waals surface area contributed by atoms with Crippen LogP contribution in [-0.4, -0.2) is 33.8 Å². The Bertz CT molecular complexity index is 640. The highest BCUT2D eigenvalue weighted by Gasteiger charge is 2.14. The van der Waals surface area contributed by atoms with Crippen molar-refractivity contribution >= 4 is 22.7 Å². The van der Waals surface area contributed by atoms with E-state index in [-0.39, 0.29) is 18.2 Å². The van der Waals surface area contributed by atoms with Crippen LogP contribution in [0.2, 0.25) is 0 Å². The zero-order valence-corrected chi connectivity index (χ0v) is 12.2. The number of aromatic nitrogens is 1. The van der Waals surface area contributed by atoms with Gasteiger partial charge in [0, 0.05) is 5.39 Å². The summed E-state index contributed by atoms with van der Waals surface area (Å²) in [5, 5.41) is 22.5. The SMILES string of the molecule is CC(C)CC(CO)Nc1cc(C(=O)O)c2ccccc2n1. The van der Waals surface area contributed by atoms with Crippen LogP contribution in [0.15, 0.2) is 30.3 Å². The number of anilines is 1. The van der Waals surface area contributed by atoms with Gasteiger partial charge in [0.1, 0.15) is 5.82 Å². The number of hydrogen-bond acceptors (Lipinski definition) is 4. The highest BCUT2D eigenvalue weighted by molar-refractivity contribution is 6.03. The maximum Gasteiger partial charge on any atom is 0.336 e. The van der Waals surface area contributed by atoms with Crippen LogP contribution in [0.25, 0.3) is 10.9 Å². The summed E-state index contributed by atoms with van der Waals surface area (Å²) in [6.45, 7) is 4.12. The molecule has 1 heterocycles. The molecule has 0 saturated heterocycles. The number of carbonyl (C=O) groups is 1. The van der Waals surface area contributed by atoms with E-state index in [0.717, 1.165) is 6.42 Å². The van der Waals surface area contributed by atoms with Crippen molar-refractivity contribution in [3.8, 4) is 0 Å². The number of rotatable bonds is 6. The largest absolute Gasteiger partial charge is 0.478 e. The maximum absolute atomic E-state index is 11.4. The molecule has 1 unspecified atom stereocenters. The Balaban J connectivity index is 2.38. The topological polar surface area (TPSA) is 82.5 Å². The van der Waals surface area contributed by atoms with Gasteiger partial charge >= 0.3 is 5.97 Å². The van der Waals surface area contributed by atoms with Crippen LogP contribution in [0.5, 0.6) is 0 Å². The molecule has 21 heavy (non-hydrogen) atoms. The molecule has 0 fully saturated rings. The molecular formula is C16H20N2O3. The number of nitrogens with one attached hydrogen (secondary N) is 1. The average molecular weight is 288 g/mol.